The van der Waals surface area contributed by atoms with Crippen molar-refractivity contribution in [2.24, 2.45) is 0 Å². The minimum absolute atomic E-state index is 0. The van der Waals surface area contributed by atoms with Crippen molar-refractivity contribution >= 4 is 108 Å². The predicted molar refractivity (Wildman–Crippen MR) is 502 cm³/mol. The number of halogens is 5. The number of phenols is 3. The molecule has 4 saturated carbocycles. The van der Waals surface area contributed by atoms with Crippen molar-refractivity contribution in [2.75, 3.05) is 28.4 Å². The SMILES string of the molecule is COc1cc(-c2oc3cc(C4CCCCC4)ccc3c(=O)c2OCc2ccccc2)cc(OC)c1OCc1ccccc1.COc1cc(-c2oc3cc(I)ccc3c(=O)c2OCc2ccccc2)cc(OC)c1OCc1ccccc1.O=c1c(O)c(-c2cc(O)c(O)c(O)c2)oc2cc(C3CCCCC3)ccc12.[CH-]1CCCCC1.[CH-]1CCCCC1.[Cl-].[Cl][Zn+].[Cl][Zn][Cl].[Mg+2]. The number of hydrogen-bond acceptors (Lipinski definition) is 18. The Labute approximate surface area is 807 Å². The van der Waals surface area contributed by atoms with Crippen LogP contribution in [0.2, 0.25) is 0 Å². The van der Waals surface area contributed by atoms with Gasteiger partial charge in [-0.05, 0) is 172 Å². The molecule has 13 aromatic rings. The van der Waals surface area contributed by atoms with Gasteiger partial charge >= 0.3 is 84.6 Å². The Bertz CT molecular complexity index is 5690. The quantitative estimate of drug-likeness (QED) is 0.0226. The molecule has 4 aliphatic rings. The average Bonchev–Trinajstić information content (AvgIpc) is 0.770. The van der Waals surface area contributed by atoms with Crippen molar-refractivity contribution in [3.05, 3.63) is 293 Å². The molecule has 4 N–H and O–H groups in total. The molecule has 17 rings (SSSR count). The third-order valence-electron chi connectivity index (χ3n) is 22.0. The van der Waals surface area contributed by atoms with E-state index in [2.05, 4.69) is 41.5 Å². The number of methoxy groups -OCH3 is 4. The molecule has 0 radical (unpaired) electrons. The van der Waals surface area contributed by atoms with Crippen LogP contribution >= 0.6 is 51.7 Å². The van der Waals surface area contributed by atoms with Gasteiger partial charge in [0.15, 0.2) is 57.5 Å². The van der Waals surface area contributed by atoms with Gasteiger partial charge in [0, 0.05) is 20.3 Å². The van der Waals surface area contributed by atoms with Crippen LogP contribution in [0.4, 0.5) is 0 Å². The van der Waals surface area contributed by atoms with Crippen LogP contribution in [0.1, 0.15) is 174 Å². The smallest absolute Gasteiger partial charge is 2.00 e. The van der Waals surface area contributed by atoms with Crippen molar-refractivity contribution in [3.8, 4) is 103 Å². The van der Waals surface area contributed by atoms with Gasteiger partial charge < -0.3 is 96.8 Å². The Morgan fingerprint density at radius 3 is 0.984 bits per heavy atom. The maximum absolute atomic E-state index is 14.0. The van der Waals surface area contributed by atoms with Crippen LogP contribution in [0, 0.1) is 16.4 Å². The van der Waals surface area contributed by atoms with Gasteiger partial charge in [-0.1, -0.05) is 211 Å². The molecule has 3 heterocycles. The first kappa shape index (κ1) is 102. The van der Waals surface area contributed by atoms with Crippen molar-refractivity contribution in [2.45, 2.75) is 167 Å². The van der Waals surface area contributed by atoms with E-state index in [-0.39, 0.29) is 93.5 Å². The van der Waals surface area contributed by atoms with E-state index in [0.717, 1.165) is 86.5 Å². The number of ether oxygens (including phenoxy) is 8. The minimum Gasteiger partial charge on any atom is 2.00 e. The normalized spacial score (nSPS) is 13.5. The van der Waals surface area contributed by atoms with E-state index < -0.39 is 43.6 Å². The number of aromatic hydroxyl groups is 4. The molecule has 0 unspecified atom stereocenters. The van der Waals surface area contributed by atoms with E-state index in [4.69, 9.17) is 80.2 Å². The Morgan fingerprint density at radius 1 is 0.378 bits per heavy atom. The molecule has 26 heteroatoms. The van der Waals surface area contributed by atoms with Gasteiger partial charge in [0.25, 0.3) is 0 Å². The fourth-order valence-electron chi connectivity index (χ4n) is 15.5. The molecular formula is C101H103Cl4IMgO18Zn2. The Hall–Kier alpha value is -8.67. The van der Waals surface area contributed by atoms with Crippen molar-refractivity contribution in [1.29, 1.82) is 0 Å². The summed E-state index contributed by atoms with van der Waals surface area (Å²) in [6, 6.07) is 65.3. The van der Waals surface area contributed by atoms with E-state index in [1.807, 2.05) is 158 Å². The first-order valence-corrected chi connectivity index (χ1v) is 55.0. The summed E-state index contributed by atoms with van der Waals surface area (Å²) in [5.41, 5.74) is 7.72. The zero-order valence-corrected chi connectivity index (χ0v) is 84.5. The summed E-state index contributed by atoms with van der Waals surface area (Å²) in [6.07, 6.45) is 30.8. The number of rotatable bonds is 21. The number of hydrogen-bond donors (Lipinski definition) is 4. The average molecular weight is 2030 g/mol. The fourth-order valence-corrected chi connectivity index (χ4v) is 16.0. The summed E-state index contributed by atoms with van der Waals surface area (Å²) >= 11 is 2.11. The predicted octanol–water partition coefficient (Wildman–Crippen LogP) is 23.2. The molecule has 10 aromatic carbocycles. The van der Waals surface area contributed by atoms with Gasteiger partial charge in [-0.2, -0.15) is 25.7 Å². The van der Waals surface area contributed by atoms with Gasteiger partial charge in [0.2, 0.25) is 45.0 Å². The number of benzene rings is 10. The molecule has 4 aliphatic carbocycles. The maximum Gasteiger partial charge on any atom is 2.00 e. The molecule has 656 valence electrons. The number of fused-ring (bicyclic) bond motifs is 3. The van der Waals surface area contributed by atoms with Gasteiger partial charge in [-0.3, -0.25) is 14.4 Å². The molecule has 0 amide bonds. The van der Waals surface area contributed by atoms with Gasteiger partial charge in [-0.25, -0.2) is 0 Å². The summed E-state index contributed by atoms with van der Waals surface area (Å²) < 4.78 is 67.1. The van der Waals surface area contributed by atoms with Crippen LogP contribution in [-0.2, 0) is 58.9 Å². The van der Waals surface area contributed by atoms with E-state index >= 15 is 0 Å². The van der Waals surface area contributed by atoms with E-state index in [1.165, 1.54) is 108 Å². The first-order valence-electron chi connectivity index (χ1n) is 42.2. The van der Waals surface area contributed by atoms with Gasteiger partial charge in [-0.15, -0.1) is 0 Å². The topological polar surface area (TPSA) is 245 Å². The second kappa shape index (κ2) is 53.5. The summed E-state index contributed by atoms with van der Waals surface area (Å²) in [4.78, 5) is 40.2. The van der Waals surface area contributed by atoms with Gasteiger partial charge in [0.1, 0.15) is 43.2 Å². The number of phenolic OH excluding ortho intramolecular Hbond substituents is 3. The van der Waals surface area contributed by atoms with E-state index in [9.17, 15) is 34.8 Å². The molecule has 0 aliphatic heterocycles. The first-order chi connectivity index (χ1) is 61.1. The van der Waals surface area contributed by atoms with Crippen LogP contribution < -0.4 is 66.6 Å². The second-order valence-electron chi connectivity index (χ2n) is 30.4. The molecule has 0 spiro atoms. The van der Waals surface area contributed by atoms with Crippen LogP contribution in [-0.4, -0.2) is 71.9 Å². The standard InChI is InChI=1S/C37H36O6.C31H25IO6.C21H20O6.2C6H11.4ClH.Mg.2Zn/c1-39-32-21-29(22-33(40-2)36(32)41-23-25-12-6-3-7-13-25)35-37(42-24-26-14-8-4-9-15-26)34(38)30-19-18-28(20-31(30)43-35)27-16-10-5-11-17-27;1-34-26-15-22(16-27(35-2)30(26)36-18-20-9-5-3-6-10-20)29-31(37-19-21-11-7-4-8-12-21)28(33)24-14-13-23(32)17-25(24)38-29;22-15-8-13(9-16(23)19(15)25)21-20(26)18(24)14-7-6-12(10-17(14)27-21)11-4-2-1-3-5-11;2*1-2-4-6-5-3-1;;;;;;;/h3-4,6-9,12-15,18-22,27H,5,10-11,16-17,23-24H2,1-2H3;3-17H,18-19H2,1-2H3;6-11,22-23,25-26H,1-5H2;2*1H,2-6H2;4*1H;;;/q;;;2*-1;;;;;3*+2/p-4. The van der Waals surface area contributed by atoms with E-state index in [0.29, 0.717) is 104 Å². The fraction of sp³-hybridized carbons (Fsp3) is 0.297. The Kier molecular flexibility index (Phi) is 43.0. The zero-order valence-electron chi connectivity index (χ0n) is 72.0. The molecule has 18 nitrogen and oxygen atoms in total. The largest absolute Gasteiger partial charge is 2.00 e. The van der Waals surface area contributed by atoms with Crippen molar-refractivity contribution < 1.29 is 116 Å². The van der Waals surface area contributed by atoms with Gasteiger partial charge in [0.05, 0.1) is 44.6 Å². The second-order valence-corrected chi connectivity index (χ2v) is 36.3. The third kappa shape index (κ3) is 28.4. The molecule has 4 fully saturated rings. The molecular weight excluding hydrogens is 1920 g/mol. The summed E-state index contributed by atoms with van der Waals surface area (Å²) in [5, 5.41) is 40.4. The van der Waals surface area contributed by atoms with Crippen LogP contribution in [0.3, 0.4) is 0 Å². The Balaban J connectivity index is 0.000000198. The van der Waals surface area contributed by atoms with Crippen LogP contribution in [0.5, 0.6) is 69.0 Å². The molecule has 0 atom stereocenters. The monoisotopic (exact) mass is 2020 g/mol. The molecule has 3 aromatic heterocycles. The maximum atomic E-state index is 14.0. The van der Waals surface area contributed by atoms with E-state index in [1.54, 1.807) is 64.8 Å². The summed E-state index contributed by atoms with van der Waals surface area (Å²) in [5.74, 6) is 1.85. The third-order valence-corrected chi connectivity index (χ3v) is 22.7. The molecule has 127 heavy (non-hydrogen) atoms. The minimum atomic E-state index is -0.931. The summed E-state index contributed by atoms with van der Waals surface area (Å²) in [6.45, 7) is 1.10. The van der Waals surface area contributed by atoms with Crippen LogP contribution in [0.25, 0.3) is 66.9 Å². The molecule has 0 saturated heterocycles. The Morgan fingerprint density at radius 2 is 0.669 bits per heavy atom. The van der Waals surface area contributed by atoms with Crippen molar-refractivity contribution in [3.63, 3.8) is 0 Å². The zero-order chi connectivity index (χ0) is 88.4. The summed E-state index contributed by atoms with van der Waals surface area (Å²) in [7, 11) is 20.9. The van der Waals surface area contributed by atoms with Crippen molar-refractivity contribution in [1.82, 2.24) is 0 Å². The molecule has 0 bridgehead atoms. The van der Waals surface area contributed by atoms with Crippen LogP contribution in [0.15, 0.2) is 240 Å².